The minimum Gasteiger partial charge on any atom is -0.481 e. The molecule has 21 atom stereocenters. The number of aromatic amines is 1. The number of carboxylic acid groups (broad SMARTS) is 1. The molecule has 8 aliphatic rings. The van der Waals surface area contributed by atoms with E-state index in [9.17, 15) is 55.5 Å². The molecule has 13 N–H and O–H groups in total. The number of amides is 1. The number of hydrogen-bond acceptors (Lipinski definition) is 14. The van der Waals surface area contributed by atoms with Crippen LogP contribution in [0.15, 0.2) is 24.2 Å². The van der Waals surface area contributed by atoms with Gasteiger partial charge in [0, 0.05) is 35.9 Å². The first-order chi connectivity index (χ1) is 33.2. The number of carbonyl (C=O) groups is 2. The van der Waals surface area contributed by atoms with E-state index >= 15 is 0 Å². The van der Waals surface area contributed by atoms with Gasteiger partial charge in [-0.2, -0.15) is 0 Å². The number of rotatable bonds is 14. The molecule has 2 aliphatic heterocycles. The van der Waals surface area contributed by atoms with Crippen LogP contribution in [0.4, 0.5) is 0 Å². The summed E-state index contributed by atoms with van der Waals surface area (Å²) in [6, 6.07) is -0.580. The Bertz CT molecular complexity index is 2070. The molecule has 0 aromatic carbocycles. The Morgan fingerprint density at radius 2 is 1.66 bits per heavy atom. The maximum atomic E-state index is 14.3. The van der Waals surface area contributed by atoms with Gasteiger partial charge in [-0.25, -0.2) is 4.98 Å². The lowest BCUT2D eigenvalue weighted by molar-refractivity contribution is -0.350. The van der Waals surface area contributed by atoms with Crippen molar-refractivity contribution in [1.29, 1.82) is 0 Å². The third-order valence-electron chi connectivity index (χ3n) is 21.9. The minimum atomic E-state index is -1.66. The van der Waals surface area contributed by atoms with Gasteiger partial charge in [-0.15, -0.1) is 0 Å². The third-order valence-corrected chi connectivity index (χ3v) is 21.9. The summed E-state index contributed by atoms with van der Waals surface area (Å²) in [6.07, 6.45) is 6.40. The van der Waals surface area contributed by atoms with Gasteiger partial charge in [0.2, 0.25) is 5.91 Å². The van der Waals surface area contributed by atoms with Gasteiger partial charge in [0.05, 0.1) is 49.7 Å². The Morgan fingerprint density at radius 1 is 0.929 bits per heavy atom. The second-order valence-corrected chi connectivity index (χ2v) is 24.9. The van der Waals surface area contributed by atoms with Crippen LogP contribution in [-0.2, 0) is 19.1 Å². The summed E-state index contributed by atoms with van der Waals surface area (Å²) in [5.41, 5.74) is 3.71. The van der Waals surface area contributed by atoms with Crippen molar-refractivity contribution < 1.29 is 65.0 Å². The molecule has 2 saturated heterocycles. The zero-order chi connectivity index (χ0) is 50.3. The summed E-state index contributed by atoms with van der Waals surface area (Å²) in [5.74, 6) is -4.16. The van der Waals surface area contributed by atoms with Crippen molar-refractivity contribution in [3.05, 3.63) is 29.9 Å². The van der Waals surface area contributed by atoms with Crippen molar-refractivity contribution in [3.63, 3.8) is 0 Å². The maximum Gasteiger partial charge on any atom is 0.310 e. The molecule has 70 heavy (non-hydrogen) atoms. The van der Waals surface area contributed by atoms with Crippen LogP contribution in [0.3, 0.4) is 0 Å². The molecule has 0 bridgehead atoms. The Hall–Kier alpha value is -2.55. The monoisotopic (exact) mass is 985 g/mol. The molecule has 17 nitrogen and oxygen atoms in total. The number of nitrogens with zero attached hydrogens (tertiary/aromatic N) is 1. The van der Waals surface area contributed by atoms with Gasteiger partial charge in [-0.1, -0.05) is 58.6 Å². The predicted octanol–water partition coefficient (Wildman–Crippen LogP) is 3.08. The number of aliphatic hydroxyl groups is 8. The van der Waals surface area contributed by atoms with Gasteiger partial charge in [-0.3, -0.25) is 9.59 Å². The second kappa shape index (κ2) is 19.3. The van der Waals surface area contributed by atoms with Crippen LogP contribution in [0.1, 0.15) is 142 Å². The van der Waals surface area contributed by atoms with Gasteiger partial charge in [0.25, 0.3) is 0 Å². The molecule has 394 valence electrons. The lowest BCUT2D eigenvalue weighted by Crippen LogP contribution is -2.75. The van der Waals surface area contributed by atoms with Gasteiger partial charge >= 0.3 is 5.97 Å². The maximum absolute atomic E-state index is 14.3. The van der Waals surface area contributed by atoms with E-state index in [1.165, 1.54) is 5.57 Å². The van der Waals surface area contributed by atoms with E-state index in [2.05, 4.69) is 42.1 Å². The molecular formula is C53H84N4O13. The first kappa shape index (κ1) is 52.3. The van der Waals surface area contributed by atoms with Crippen LogP contribution in [-0.4, -0.2) is 143 Å². The van der Waals surface area contributed by atoms with Crippen molar-refractivity contribution in [2.45, 2.75) is 185 Å². The highest BCUT2D eigenvalue weighted by Crippen LogP contribution is 2.79. The van der Waals surface area contributed by atoms with Gasteiger partial charge < -0.3 is 71.5 Å². The number of aliphatic carboxylic acids is 1. The number of carboxylic acids is 1. The zero-order valence-corrected chi connectivity index (χ0v) is 41.8. The summed E-state index contributed by atoms with van der Waals surface area (Å²) < 4.78 is 12.7. The van der Waals surface area contributed by atoms with E-state index in [1.54, 1.807) is 12.5 Å². The molecule has 6 aliphatic carbocycles. The SMILES string of the molecule is C[C@]1(CO)CC[C@]2(C(=O)O)CC[C@]3(C)C(=CC[C@@H]4[C@@]5(C6CCCCC6)[C@H](C[C@H]6[C@H]([C@H](CC[C@@H](N)O)c7cnc[nH]7)NC(=O)[C@H]6CO)[C@@H](O)[C@@H](O[C@@H]6OC[C@@H](O)[C@H](O)[C@H]6O)[C@@](C)(CO)[C@H]5CC[C@]43C)[C@@H]2C1. The van der Waals surface area contributed by atoms with Crippen molar-refractivity contribution in [2.75, 3.05) is 26.4 Å². The fraction of sp³-hybridized carbons (Fsp3) is 0.868. The number of nitrogens with two attached hydrogens (primary N) is 1. The highest BCUT2D eigenvalue weighted by molar-refractivity contribution is 5.82. The number of aromatic nitrogens is 2. The van der Waals surface area contributed by atoms with Gasteiger partial charge in [-0.05, 0) is 141 Å². The van der Waals surface area contributed by atoms with Crippen LogP contribution < -0.4 is 11.1 Å². The van der Waals surface area contributed by atoms with Crippen molar-refractivity contribution in [2.24, 2.45) is 79.6 Å². The second-order valence-electron chi connectivity index (χ2n) is 24.9. The number of imidazole rings is 1. The first-order valence-electron chi connectivity index (χ1n) is 26.7. The number of fused-ring (bicyclic) bond motifs is 7. The number of H-pyrrole nitrogens is 1. The smallest absolute Gasteiger partial charge is 0.310 e. The van der Waals surface area contributed by atoms with Gasteiger partial charge in [0.1, 0.15) is 24.5 Å². The standard InChI is InChI=1S/C53H84N4O13/c1-48(25-59)16-18-52(47(67)68)19-17-50(3)32(34(52)21-48)11-12-38-51(50,4)15-14-37-49(2,26-60)44(70-46-43(65)42(64)36(61)24-69-46)41(63)33(53(37,38)28-8-6-5-7-9-28)20-30-31(23-58)45(66)57-40(30)29(10-13-39(54)62)35-22-55-27-56-35/h11,22,27-31,33-34,36-44,46,58-65H,5-10,12-21,23-26,54H2,1-4H3,(H,55,56)(H,57,66)(H,67,68)/t29-,30-,31+,33-,34+,36-,37-,38+,39+,40+,41-,42+,43-,44-,46+,48+,49+,50-,51-,52+,53+/m1/s1. The molecule has 17 heteroatoms. The molecular weight excluding hydrogens is 901 g/mol. The molecule has 7 fully saturated rings. The lowest BCUT2D eigenvalue weighted by Gasteiger charge is -2.76. The van der Waals surface area contributed by atoms with Crippen molar-refractivity contribution in [1.82, 2.24) is 15.3 Å². The van der Waals surface area contributed by atoms with Crippen molar-refractivity contribution >= 4 is 11.9 Å². The van der Waals surface area contributed by atoms with E-state index in [1.807, 2.05) is 6.92 Å². The van der Waals surface area contributed by atoms with E-state index < -0.39 is 118 Å². The predicted molar refractivity (Wildman–Crippen MR) is 255 cm³/mol. The largest absolute Gasteiger partial charge is 0.481 e. The summed E-state index contributed by atoms with van der Waals surface area (Å²) in [7, 11) is 0. The number of allylic oxidation sites excluding steroid dienone is 2. The van der Waals surface area contributed by atoms with E-state index in [0.29, 0.717) is 51.4 Å². The molecule has 0 unspecified atom stereocenters. The molecule has 3 heterocycles. The third kappa shape index (κ3) is 7.90. The van der Waals surface area contributed by atoms with Crippen LogP contribution in [0.5, 0.6) is 0 Å². The van der Waals surface area contributed by atoms with E-state index in [0.717, 1.165) is 44.2 Å². The summed E-state index contributed by atoms with van der Waals surface area (Å²) in [6.45, 7) is 7.62. The number of hydrogen-bond donors (Lipinski definition) is 12. The number of carbonyl (C=O) groups excluding carboxylic acids is 1. The number of aliphatic hydroxyl groups excluding tert-OH is 8. The summed E-state index contributed by atoms with van der Waals surface area (Å²) in [5, 5.41) is 105. The van der Waals surface area contributed by atoms with Gasteiger partial charge in [0.15, 0.2) is 6.29 Å². The Labute approximate surface area is 412 Å². The lowest BCUT2D eigenvalue weighted by atomic mass is 9.29. The molecule has 1 aromatic heterocycles. The average Bonchev–Trinajstić information content (AvgIpc) is 3.99. The molecule has 1 amide bonds. The molecule has 9 rings (SSSR count). The topological polar surface area (TPSA) is 301 Å². The summed E-state index contributed by atoms with van der Waals surface area (Å²) >= 11 is 0. The average molecular weight is 985 g/mol. The normalized spacial score (nSPS) is 48.3. The van der Waals surface area contributed by atoms with Crippen LogP contribution in [0.25, 0.3) is 0 Å². The Morgan fingerprint density at radius 3 is 2.30 bits per heavy atom. The highest BCUT2D eigenvalue weighted by atomic mass is 16.7. The molecule has 0 radical (unpaired) electrons. The molecule has 5 saturated carbocycles. The van der Waals surface area contributed by atoms with Crippen LogP contribution >= 0.6 is 0 Å². The minimum absolute atomic E-state index is 0.0248. The van der Waals surface area contributed by atoms with Crippen LogP contribution in [0, 0.1) is 73.9 Å². The van der Waals surface area contributed by atoms with E-state index in [-0.39, 0.29) is 62.2 Å². The number of nitrogens with one attached hydrogen (secondary N) is 2. The quantitative estimate of drug-likeness (QED) is 0.0725. The molecule has 0 spiro atoms. The summed E-state index contributed by atoms with van der Waals surface area (Å²) in [4.78, 5) is 35.4. The van der Waals surface area contributed by atoms with E-state index in [4.69, 9.17) is 15.2 Å². The highest BCUT2D eigenvalue weighted by Gasteiger charge is 2.76. The fourth-order valence-corrected chi connectivity index (χ4v) is 17.9. The number of ether oxygens (including phenoxy) is 2. The Balaban J connectivity index is 1.24. The Kier molecular flexibility index (Phi) is 14.4. The first-order valence-corrected chi connectivity index (χ1v) is 26.7. The fourth-order valence-electron chi connectivity index (χ4n) is 17.9. The van der Waals surface area contributed by atoms with Crippen molar-refractivity contribution in [3.8, 4) is 0 Å². The molecule has 1 aromatic rings. The van der Waals surface area contributed by atoms with Crippen LogP contribution in [0.2, 0.25) is 0 Å². The zero-order valence-electron chi connectivity index (χ0n) is 41.8.